The Balaban J connectivity index is 2.39. The number of likely N-dealkylation sites (tertiary alicyclic amines) is 1. The monoisotopic (exact) mass is 293 g/mol. The minimum atomic E-state index is -0.869. The normalized spacial score (nSPS) is 20.5. The number of halogens is 1. The highest BCUT2D eigenvalue weighted by molar-refractivity contribution is 9.09. The summed E-state index contributed by atoms with van der Waals surface area (Å²) in [7, 11) is 0. The highest BCUT2D eigenvalue weighted by Crippen LogP contribution is 2.26. The van der Waals surface area contributed by atoms with Gasteiger partial charge in [0.1, 0.15) is 0 Å². The number of carbonyl (C=O) groups is 1. The molecule has 1 rings (SSSR count). The maximum atomic E-state index is 11.1. The fourth-order valence-electron chi connectivity index (χ4n) is 1.74. The van der Waals surface area contributed by atoms with Crippen LogP contribution in [0.25, 0.3) is 0 Å². The maximum Gasteiger partial charge on any atom is 0.333 e. The smallest absolute Gasteiger partial charge is 0.333 e. The summed E-state index contributed by atoms with van der Waals surface area (Å²) in [5.74, 6) is -0.869. The van der Waals surface area contributed by atoms with Crippen LogP contribution in [0.4, 0.5) is 0 Å². The largest absolute Gasteiger partial charge is 0.479 e. The first kappa shape index (κ1) is 13.9. The third-order valence-electron chi connectivity index (χ3n) is 2.66. The SMILES string of the molecule is CC(C)(C)C(OC1CN(CCBr)C1)C(=O)O. The Hall–Kier alpha value is -0.130. The second-order valence-electron chi connectivity index (χ2n) is 5.29. The number of aliphatic carboxylic acids is 1. The van der Waals surface area contributed by atoms with Gasteiger partial charge in [-0.25, -0.2) is 4.79 Å². The molecule has 1 aliphatic rings. The van der Waals surface area contributed by atoms with Crippen molar-refractivity contribution >= 4 is 21.9 Å². The summed E-state index contributed by atoms with van der Waals surface area (Å²) < 4.78 is 5.63. The van der Waals surface area contributed by atoms with Crippen LogP contribution in [0, 0.1) is 5.41 Å². The van der Waals surface area contributed by atoms with E-state index in [0.29, 0.717) is 0 Å². The van der Waals surface area contributed by atoms with Crippen molar-refractivity contribution in [2.75, 3.05) is 25.0 Å². The van der Waals surface area contributed by atoms with E-state index in [0.717, 1.165) is 25.0 Å². The van der Waals surface area contributed by atoms with Gasteiger partial charge in [-0.3, -0.25) is 4.90 Å². The van der Waals surface area contributed by atoms with Crippen molar-refractivity contribution in [1.82, 2.24) is 4.90 Å². The number of carboxylic acid groups (broad SMARTS) is 1. The van der Waals surface area contributed by atoms with Gasteiger partial charge in [-0.2, -0.15) is 0 Å². The molecule has 0 radical (unpaired) electrons. The molecular formula is C11H20BrNO3. The molecule has 1 saturated heterocycles. The van der Waals surface area contributed by atoms with Crippen LogP contribution in [-0.4, -0.2) is 53.1 Å². The lowest BCUT2D eigenvalue weighted by Crippen LogP contribution is -2.55. The average molecular weight is 294 g/mol. The number of ether oxygens (including phenoxy) is 1. The van der Waals surface area contributed by atoms with Gasteiger partial charge in [0, 0.05) is 25.0 Å². The van der Waals surface area contributed by atoms with E-state index in [1.807, 2.05) is 20.8 Å². The van der Waals surface area contributed by atoms with Gasteiger partial charge < -0.3 is 9.84 Å². The van der Waals surface area contributed by atoms with E-state index < -0.39 is 12.1 Å². The fourth-order valence-corrected chi connectivity index (χ4v) is 2.24. The van der Waals surface area contributed by atoms with E-state index in [9.17, 15) is 4.79 Å². The second-order valence-corrected chi connectivity index (χ2v) is 6.08. The molecular weight excluding hydrogens is 274 g/mol. The van der Waals surface area contributed by atoms with Crippen LogP contribution in [0.3, 0.4) is 0 Å². The summed E-state index contributed by atoms with van der Waals surface area (Å²) in [6, 6.07) is 0. The van der Waals surface area contributed by atoms with E-state index in [2.05, 4.69) is 20.8 Å². The molecule has 0 aliphatic carbocycles. The zero-order chi connectivity index (χ0) is 12.3. The van der Waals surface area contributed by atoms with Crippen molar-refractivity contribution < 1.29 is 14.6 Å². The van der Waals surface area contributed by atoms with Crippen molar-refractivity contribution in [3.05, 3.63) is 0 Å². The number of hydrogen-bond acceptors (Lipinski definition) is 3. The third-order valence-corrected chi connectivity index (χ3v) is 3.02. The predicted octanol–water partition coefficient (Wildman–Crippen LogP) is 1.58. The number of nitrogens with zero attached hydrogens (tertiary/aromatic N) is 1. The van der Waals surface area contributed by atoms with Crippen LogP contribution in [-0.2, 0) is 9.53 Å². The molecule has 0 aromatic carbocycles. The van der Waals surface area contributed by atoms with E-state index >= 15 is 0 Å². The Morgan fingerprint density at radius 1 is 1.56 bits per heavy atom. The lowest BCUT2D eigenvalue weighted by atomic mass is 9.88. The molecule has 1 aliphatic heterocycles. The molecule has 1 atom stereocenters. The highest BCUT2D eigenvalue weighted by atomic mass is 79.9. The average Bonchev–Trinajstić information content (AvgIpc) is 2.05. The molecule has 1 fully saturated rings. The molecule has 0 amide bonds. The summed E-state index contributed by atoms with van der Waals surface area (Å²) in [4.78, 5) is 13.3. The number of carboxylic acids is 1. The molecule has 1 heterocycles. The van der Waals surface area contributed by atoms with Crippen LogP contribution in [0.15, 0.2) is 0 Å². The predicted molar refractivity (Wildman–Crippen MR) is 66.0 cm³/mol. The van der Waals surface area contributed by atoms with Gasteiger partial charge in [0.25, 0.3) is 0 Å². The fraction of sp³-hybridized carbons (Fsp3) is 0.909. The quantitative estimate of drug-likeness (QED) is 0.782. The minimum Gasteiger partial charge on any atom is -0.479 e. The van der Waals surface area contributed by atoms with Crippen LogP contribution >= 0.6 is 15.9 Å². The van der Waals surface area contributed by atoms with Gasteiger partial charge in [-0.1, -0.05) is 36.7 Å². The van der Waals surface area contributed by atoms with Gasteiger partial charge in [0.15, 0.2) is 6.10 Å². The van der Waals surface area contributed by atoms with Crippen molar-refractivity contribution in [2.24, 2.45) is 5.41 Å². The van der Waals surface area contributed by atoms with Crippen LogP contribution in [0.1, 0.15) is 20.8 Å². The first-order valence-corrected chi connectivity index (χ1v) is 6.63. The maximum absolute atomic E-state index is 11.1. The molecule has 4 nitrogen and oxygen atoms in total. The summed E-state index contributed by atoms with van der Waals surface area (Å²) in [5, 5.41) is 10.0. The molecule has 0 bridgehead atoms. The Morgan fingerprint density at radius 2 is 2.12 bits per heavy atom. The second kappa shape index (κ2) is 5.47. The van der Waals surface area contributed by atoms with E-state index in [1.165, 1.54) is 0 Å². The Bertz CT molecular complexity index is 246. The highest BCUT2D eigenvalue weighted by Gasteiger charge is 2.37. The van der Waals surface area contributed by atoms with Crippen molar-refractivity contribution in [1.29, 1.82) is 0 Å². The van der Waals surface area contributed by atoms with E-state index in [1.54, 1.807) is 0 Å². The van der Waals surface area contributed by atoms with Gasteiger partial charge in [-0.05, 0) is 5.41 Å². The first-order valence-electron chi connectivity index (χ1n) is 5.51. The Labute approximate surface area is 105 Å². The van der Waals surface area contributed by atoms with Crippen LogP contribution in [0.5, 0.6) is 0 Å². The van der Waals surface area contributed by atoms with Crippen molar-refractivity contribution in [2.45, 2.75) is 33.0 Å². The summed E-state index contributed by atoms with van der Waals surface area (Å²) in [6.45, 7) is 8.34. The molecule has 0 aromatic rings. The van der Waals surface area contributed by atoms with Crippen LogP contribution < -0.4 is 0 Å². The standard InChI is InChI=1S/C11H20BrNO3/c1-11(2,3)9(10(14)15)16-8-6-13(7-8)5-4-12/h8-9H,4-7H2,1-3H3,(H,14,15). The molecule has 16 heavy (non-hydrogen) atoms. The van der Waals surface area contributed by atoms with Gasteiger partial charge in [-0.15, -0.1) is 0 Å². The molecule has 1 N–H and O–H groups in total. The number of rotatable bonds is 5. The lowest BCUT2D eigenvalue weighted by molar-refractivity contribution is -0.174. The van der Waals surface area contributed by atoms with Gasteiger partial charge in [0.2, 0.25) is 0 Å². The number of alkyl halides is 1. The van der Waals surface area contributed by atoms with E-state index in [4.69, 9.17) is 9.84 Å². The summed E-state index contributed by atoms with van der Waals surface area (Å²) in [5.41, 5.74) is -0.359. The van der Waals surface area contributed by atoms with Crippen LogP contribution in [0.2, 0.25) is 0 Å². The van der Waals surface area contributed by atoms with Crippen molar-refractivity contribution in [3.8, 4) is 0 Å². The molecule has 0 spiro atoms. The topological polar surface area (TPSA) is 49.8 Å². The Kier molecular flexibility index (Phi) is 4.76. The molecule has 94 valence electrons. The third kappa shape index (κ3) is 3.71. The Morgan fingerprint density at radius 3 is 2.50 bits per heavy atom. The molecule has 1 unspecified atom stereocenters. The molecule has 0 saturated carbocycles. The zero-order valence-electron chi connectivity index (χ0n) is 10.1. The van der Waals surface area contributed by atoms with Gasteiger partial charge >= 0.3 is 5.97 Å². The number of hydrogen-bond donors (Lipinski definition) is 1. The van der Waals surface area contributed by atoms with Crippen molar-refractivity contribution in [3.63, 3.8) is 0 Å². The lowest BCUT2D eigenvalue weighted by Gasteiger charge is -2.41. The minimum absolute atomic E-state index is 0.0689. The molecule has 0 aromatic heterocycles. The van der Waals surface area contributed by atoms with Gasteiger partial charge in [0.05, 0.1) is 6.10 Å². The molecule has 5 heteroatoms. The summed E-state index contributed by atoms with van der Waals surface area (Å²) in [6.07, 6.45) is -0.650. The summed E-state index contributed by atoms with van der Waals surface area (Å²) >= 11 is 3.37. The first-order chi connectivity index (χ1) is 7.34. The van der Waals surface area contributed by atoms with E-state index in [-0.39, 0.29) is 11.5 Å². The zero-order valence-corrected chi connectivity index (χ0v) is 11.7.